The van der Waals surface area contributed by atoms with Crippen molar-refractivity contribution in [2.45, 2.75) is 31.7 Å². The Labute approximate surface area is 188 Å². The van der Waals surface area contributed by atoms with Crippen molar-refractivity contribution in [3.8, 4) is 6.07 Å². The molecule has 2 aromatic carbocycles. The summed E-state index contributed by atoms with van der Waals surface area (Å²) < 4.78 is 0. The van der Waals surface area contributed by atoms with Crippen LogP contribution in [-0.2, 0) is 0 Å². The third kappa shape index (κ3) is 4.97. The molecule has 0 bridgehead atoms. The molecule has 164 valence electrons. The first kappa shape index (κ1) is 21.6. The molecule has 32 heavy (non-hydrogen) atoms. The van der Waals surface area contributed by atoms with Crippen molar-refractivity contribution in [2.75, 3.05) is 30.9 Å². The Balaban J connectivity index is 1.31. The number of nitrogens with one attached hydrogen (secondary N) is 2. The molecule has 1 fully saturated rings. The van der Waals surface area contributed by atoms with Crippen molar-refractivity contribution in [1.82, 2.24) is 15.3 Å². The molecule has 0 atom stereocenters. The van der Waals surface area contributed by atoms with Crippen molar-refractivity contribution in [3.05, 3.63) is 59.7 Å². The lowest BCUT2D eigenvalue weighted by Crippen LogP contribution is -2.34. The number of benzene rings is 2. The van der Waals surface area contributed by atoms with Crippen LogP contribution in [0.5, 0.6) is 0 Å². The third-order valence-electron chi connectivity index (χ3n) is 5.99. The van der Waals surface area contributed by atoms with Crippen LogP contribution in [-0.4, -0.2) is 42.6 Å². The van der Waals surface area contributed by atoms with E-state index in [2.05, 4.69) is 16.7 Å². The second-order valence-corrected chi connectivity index (χ2v) is 8.55. The van der Waals surface area contributed by atoms with E-state index in [1.165, 1.54) is 0 Å². The highest BCUT2D eigenvalue weighted by Crippen LogP contribution is 2.28. The van der Waals surface area contributed by atoms with Gasteiger partial charge in [-0.05, 0) is 61.9 Å². The molecular formula is C25H28N6O. The zero-order valence-electron chi connectivity index (χ0n) is 18.5. The van der Waals surface area contributed by atoms with Gasteiger partial charge in [0.05, 0.1) is 17.1 Å². The second-order valence-electron chi connectivity index (χ2n) is 8.55. The number of nitriles is 1. The first-order chi connectivity index (χ1) is 15.5. The Morgan fingerprint density at radius 3 is 2.62 bits per heavy atom. The Morgan fingerprint density at radius 1 is 1.09 bits per heavy atom. The van der Waals surface area contributed by atoms with Crippen LogP contribution >= 0.6 is 0 Å². The Kier molecular flexibility index (Phi) is 6.50. The minimum Gasteiger partial charge on any atom is -0.362 e. The van der Waals surface area contributed by atoms with Crippen LogP contribution in [0.4, 0.5) is 11.8 Å². The molecule has 1 saturated carbocycles. The minimum absolute atomic E-state index is 0.122. The predicted octanol–water partition coefficient (Wildman–Crippen LogP) is 3.97. The van der Waals surface area contributed by atoms with E-state index in [-0.39, 0.29) is 5.91 Å². The number of nitrogens with zero attached hydrogens (tertiary/aromatic N) is 4. The number of hydrogen-bond donors (Lipinski definition) is 2. The lowest BCUT2D eigenvalue weighted by Gasteiger charge is -2.29. The van der Waals surface area contributed by atoms with Crippen molar-refractivity contribution in [3.63, 3.8) is 0 Å². The van der Waals surface area contributed by atoms with E-state index in [4.69, 9.17) is 15.2 Å². The van der Waals surface area contributed by atoms with Crippen LogP contribution in [0.1, 0.15) is 41.6 Å². The summed E-state index contributed by atoms with van der Waals surface area (Å²) in [4.78, 5) is 23.9. The molecule has 0 unspecified atom stereocenters. The molecule has 4 rings (SSSR count). The molecule has 2 N–H and O–H groups in total. The zero-order chi connectivity index (χ0) is 22.5. The maximum atomic E-state index is 12.4. The van der Waals surface area contributed by atoms with Gasteiger partial charge in [-0.3, -0.25) is 4.79 Å². The molecule has 7 heteroatoms. The van der Waals surface area contributed by atoms with Crippen LogP contribution in [0, 0.1) is 17.2 Å². The van der Waals surface area contributed by atoms with Crippen molar-refractivity contribution in [2.24, 2.45) is 5.92 Å². The van der Waals surface area contributed by atoms with Crippen molar-refractivity contribution in [1.29, 1.82) is 5.26 Å². The van der Waals surface area contributed by atoms with Gasteiger partial charge in [0.25, 0.3) is 5.91 Å². The molecule has 0 spiro atoms. The number of para-hydroxylation sites is 1. The predicted molar refractivity (Wildman–Crippen MR) is 127 cm³/mol. The van der Waals surface area contributed by atoms with E-state index in [0.717, 1.165) is 42.4 Å². The highest BCUT2D eigenvalue weighted by molar-refractivity contribution is 5.94. The SMILES string of the molecule is CN(C)c1nc(NC2CCC(CNC(=O)c3cccc(C#N)c3)CC2)nc2ccccc12. The fourth-order valence-corrected chi connectivity index (χ4v) is 4.23. The van der Waals surface area contributed by atoms with Crippen LogP contribution in [0.25, 0.3) is 10.9 Å². The summed E-state index contributed by atoms with van der Waals surface area (Å²) in [5.74, 6) is 1.91. The van der Waals surface area contributed by atoms with Crippen LogP contribution in [0.15, 0.2) is 48.5 Å². The van der Waals surface area contributed by atoms with E-state index < -0.39 is 0 Å². The Morgan fingerprint density at radius 2 is 1.88 bits per heavy atom. The van der Waals surface area contributed by atoms with E-state index in [9.17, 15) is 4.79 Å². The summed E-state index contributed by atoms with van der Waals surface area (Å²) in [5.41, 5.74) is 1.97. The van der Waals surface area contributed by atoms with Gasteiger partial charge >= 0.3 is 0 Å². The summed E-state index contributed by atoms with van der Waals surface area (Å²) in [6, 6.07) is 17.3. The number of aromatic nitrogens is 2. The quantitative estimate of drug-likeness (QED) is 0.617. The van der Waals surface area contributed by atoms with Crippen LogP contribution < -0.4 is 15.5 Å². The van der Waals surface area contributed by atoms with E-state index in [1.54, 1.807) is 24.3 Å². The third-order valence-corrected chi connectivity index (χ3v) is 5.99. The molecule has 0 saturated heterocycles. The molecule has 3 aromatic rings. The molecular weight excluding hydrogens is 400 g/mol. The molecule has 0 radical (unpaired) electrons. The fraction of sp³-hybridized carbons (Fsp3) is 0.360. The second kappa shape index (κ2) is 9.65. The van der Waals surface area contributed by atoms with Gasteiger partial charge in [0.15, 0.2) is 0 Å². The molecule has 1 aliphatic carbocycles. The van der Waals surface area contributed by atoms with Gasteiger partial charge in [0.2, 0.25) is 5.95 Å². The number of amides is 1. The minimum atomic E-state index is -0.122. The monoisotopic (exact) mass is 428 g/mol. The van der Waals surface area contributed by atoms with Gasteiger partial charge in [-0.1, -0.05) is 18.2 Å². The molecule has 1 aliphatic rings. The smallest absolute Gasteiger partial charge is 0.251 e. The number of hydrogen-bond acceptors (Lipinski definition) is 6. The summed E-state index contributed by atoms with van der Waals surface area (Å²) in [5, 5.41) is 16.6. The first-order valence-electron chi connectivity index (χ1n) is 11.0. The molecule has 0 aliphatic heterocycles. The first-order valence-corrected chi connectivity index (χ1v) is 11.0. The van der Waals surface area contributed by atoms with Gasteiger partial charge in [0, 0.05) is 37.6 Å². The molecule has 1 amide bonds. The van der Waals surface area contributed by atoms with E-state index in [0.29, 0.717) is 35.6 Å². The standard InChI is InChI=1S/C25H28N6O/c1-31(2)23-21-8-3-4-9-22(21)29-25(30-23)28-20-12-10-17(11-13-20)16-27-24(32)19-7-5-6-18(14-19)15-26/h3-9,14,17,20H,10-13,16H2,1-2H3,(H,27,32)(H,28,29,30). The molecule has 1 aromatic heterocycles. The zero-order valence-corrected chi connectivity index (χ0v) is 18.5. The van der Waals surface area contributed by atoms with Gasteiger partial charge in [-0.2, -0.15) is 10.2 Å². The lowest BCUT2D eigenvalue weighted by atomic mass is 9.86. The number of anilines is 2. The van der Waals surface area contributed by atoms with Crippen LogP contribution in [0.3, 0.4) is 0 Å². The number of carbonyl (C=O) groups is 1. The average molecular weight is 429 g/mol. The molecule has 1 heterocycles. The largest absolute Gasteiger partial charge is 0.362 e. The summed E-state index contributed by atoms with van der Waals surface area (Å²) >= 11 is 0. The maximum Gasteiger partial charge on any atom is 0.251 e. The van der Waals surface area contributed by atoms with Gasteiger partial charge < -0.3 is 15.5 Å². The molecule has 7 nitrogen and oxygen atoms in total. The summed E-state index contributed by atoms with van der Waals surface area (Å²) in [7, 11) is 3.99. The Bertz CT molecular complexity index is 1140. The van der Waals surface area contributed by atoms with Gasteiger partial charge in [-0.15, -0.1) is 0 Å². The average Bonchev–Trinajstić information content (AvgIpc) is 2.82. The van der Waals surface area contributed by atoms with Gasteiger partial charge in [-0.25, -0.2) is 4.98 Å². The lowest BCUT2D eigenvalue weighted by molar-refractivity contribution is 0.0943. The number of fused-ring (bicyclic) bond motifs is 1. The number of carbonyl (C=O) groups excluding carboxylic acids is 1. The fourth-order valence-electron chi connectivity index (χ4n) is 4.23. The highest BCUT2D eigenvalue weighted by atomic mass is 16.1. The topological polar surface area (TPSA) is 93.9 Å². The van der Waals surface area contributed by atoms with Crippen molar-refractivity contribution >= 4 is 28.6 Å². The summed E-state index contributed by atoms with van der Waals surface area (Å²) in [6.07, 6.45) is 4.09. The normalized spacial score (nSPS) is 18.0. The van der Waals surface area contributed by atoms with E-state index in [1.807, 2.05) is 43.3 Å². The van der Waals surface area contributed by atoms with Crippen molar-refractivity contribution < 1.29 is 4.79 Å². The number of rotatable bonds is 6. The Hall–Kier alpha value is -3.66. The van der Waals surface area contributed by atoms with Crippen LogP contribution in [0.2, 0.25) is 0 Å². The maximum absolute atomic E-state index is 12.4. The van der Waals surface area contributed by atoms with E-state index >= 15 is 0 Å². The summed E-state index contributed by atoms with van der Waals surface area (Å²) in [6.45, 7) is 0.652. The van der Waals surface area contributed by atoms with Gasteiger partial charge in [0.1, 0.15) is 5.82 Å². The highest BCUT2D eigenvalue weighted by Gasteiger charge is 2.23.